The van der Waals surface area contributed by atoms with Crippen molar-refractivity contribution >= 4 is 11.7 Å². The third-order valence-corrected chi connectivity index (χ3v) is 6.61. The Balaban J connectivity index is 1.69. The fraction of sp³-hybridized carbons (Fsp3) is 0.458. The molecule has 1 N–H and O–H groups in total. The minimum absolute atomic E-state index is 0.0167. The van der Waals surface area contributed by atoms with Gasteiger partial charge in [-0.25, -0.2) is 8.78 Å². The molecular formula is C24H26F2N2O5. The molecule has 1 fully saturated rings. The Morgan fingerprint density at radius 2 is 1.97 bits per heavy atom. The van der Waals surface area contributed by atoms with Gasteiger partial charge in [0.05, 0.1) is 17.2 Å². The third-order valence-electron chi connectivity index (χ3n) is 6.61. The van der Waals surface area contributed by atoms with Crippen LogP contribution in [0.1, 0.15) is 59.5 Å². The van der Waals surface area contributed by atoms with E-state index in [1.165, 1.54) is 12.3 Å². The van der Waals surface area contributed by atoms with Gasteiger partial charge < -0.3 is 19.3 Å². The number of ketones is 1. The summed E-state index contributed by atoms with van der Waals surface area (Å²) in [5, 5.41) is 10.7. The van der Waals surface area contributed by atoms with Crippen molar-refractivity contribution in [3.8, 4) is 5.75 Å². The molecule has 1 aromatic carbocycles. The van der Waals surface area contributed by atoms with Crippen molar-refractivity contribution in [3.63, 3.8) is 0 Å². The lowest BCUT2D eigenvalue weighted by Crippen LogP contribution is -2.62. The van der Waals surface area contributed by atoms with E-state index < -0.39 is 40.0 Å². The molecule has 2 heterocycles. The first-order valence-electron chi connectivity index (χ1n) is 11.1. The highest BCUT2D eigenvalue weighted by molar-refractivity contribution is 6.00. The number of carbonyl (C=O) groups excluding carboxylic acids is 2. The van der Waals surface area contributed by atoms with Crippen molar-refractivity contribution in [2.75, 3.05) is 19.7 Å². The molecule has 4 rings (SSSR count). The number of aromatic nitrogens is 1. The average Bonchev–Trinajstić information content (AvgIpc) is 2.75. The van der Waals surface area contributed by atoms with Crippen molar-refractivity contribution in [2.45, 2.75) is 51.2 Å². The number of fused-ring (bicyclic) bond motifs is 2. The Kier molecular flexibility index (Phi) is 6.09. The molecule has 1 aromatic heterocycles. The van der Waals surface area contributed by atoms with Gasteiger partial charge in [0.1, 0.15) is 11.6 Å². The highest BCUT2D eigenvalue weighted by Crippen LogP contribution is 2.46. The van der Waals surface area contributed by atoms with Crippen LogP contribution in [0.5, 0.6) is 5.75 Å². The Morgan fingerprint density at radius 1 is 1.24 bits per heavy atom. The lowest BCUT2D eigenvalue weighted by atomic mass is 9.71. The van der Waals surface area contributed by atoms with Gasteiger partial charge in [0.25, 0.3) is 5.91 Å². The average molecular weight is 460 g/mol. The zero-order valence-corrected chi connectivity index (χ0v) is 18.6. The molecule has 33 heavy (non-hydrogen) atoms. The summed E-state index contributed by atoms with van der Waals surface area (Å²) in [5.41, 5.74) is -1.73. The SMILES string of the molecule is CCOC1CC2(C1)CN(CC)C(=O)c1c(O)c(=O)c(C(=O)CCc3ccc(F)cc3F)cn12. The van der Waals surface area contributed by atoms with Crippen LogP contribution in [0.2, 0.25) is 0 Å². The fourth-order valence-corrected chi connectivity index (χ4v) is 4.86. The molecule has 2 aliphatic rings. The summed E-state index contributed by atoms with van der Waals surface area (Å²) in [6.07, 6.45) is 2.25. The molecule has 0 radical (unpaired) electrons. The maximum atomic E-state index is 13.9. The number of Topliss-reactive ketones (excluding diaryl/α,β-unsaturated/α-hetero) is 1. The zero-order valence-electron chi connectivity index (χ0n) is 18.6. The Hall–Kier alpha value is -3.07. The van der Waals surface area contributed by atoms with Crippen LogP contribution in [0.4, 0.5) is 8.78 Å². The molecular weight excluding hydrogens is 434 g/mol. The largest absolute Gasteiger partial charge is 0.503 e. The molecule has 7 nitrogen and oxygen atoms in total. The Bertz CT molecular complexity index is 1170. The van der Waals surface area contributed by atoms with Crippen molar-refractivity contribution in [1.29, 1.82) is 0 Å². The van der Waals surface area contributed by atoms with Crippen LogP contribution >= 0.6 is 0 Å². The number of aryl methyl sites for hydroxylation is 1. The molecule has 0 unspecified atom stereocenters. The van der Waals surface area contributed by atoms with Crippen LogP contribution in [0.3, 0.4) is 0 Å². The highest BCUT2D eigenvalue weighted by atomic mass is 19.1. The second kappa shape index (κ2) is 8.70. The van der Waals surface area contributed by atoms with E-state index in [4.69, 9.17) is 4.74 Å². The van der Waals surface area contributed by atoms with Gasteiger partial charge in [0.2, 0.25) is 5.43 Å². The van der Waals surface area contributed by atoms with E-state index in [1.807, 2.05) is 13.8 Å². The van der Waals surface area contributed by atoms with Crippen LogP contribution in [-0.2, 0) is 16.7 Å². The lowest BCUT2D eigenvalue weighted by Gasteiger charge is -2.54. The summed E-state index contributed by atoms with van der Waals surface area (Å²) in [5.74, 6) is -3.30. The summed E-state index contributed by atoms with van der Waals surface area (Å²) in [7, 11) is 0. The van der Waals surface area contributed by atoms with Crippen molar-refractivity contribution < 1.29 is 28.2 Å². The number of aromatic hydroxyl groups is 1. The minimum Gasteiger partial charge on any atom is -0.503 e. The molecule has 0 bridgehead atoms. The number of ether oxygens (including phenoxy) is 1. The smallest absolute Gasteiger partial charge is 0.274 e. The van der Waals surface area contributed by atoms with E-state index in [0.29, 0.717) is 32.5 Å². The summed E-state index contributed by atoms with van der Waals surface area (Å²) in [6, 6.07) is 3.09. The van der Waals surface area contributed by atoms with Gasteiger partial charge in [-0.1, -0.05) is 6.07 Å². The Labute approximate surface area is 189 Å². The van der Waals surface area contributed by atoms with Gasteiger partial charge in [-0.2, -0.15) is 0 Å². The number of halogens is 2. The van der Waals surface area contributed by atoms with Gasteiger partial charge in [0, 0.05) is 38.4 Å². The van der Waals surface area contributed by atoms with Crippen LogP contribution < -0.4 is 5.43 Å². The van der Waals surface area contributed by atoms with Crippen LogP contribution in [0.25, 0.3) is 0 Å². The molecule has 1 saturated carbocycles. The third kappa shape index (κ3) is 3.94. The quantitative estimate of drug-likeness (QED) is 0.642. The standard InChI is InChI=1S/C24H26F2N2O5/c1-3-27-13-24(10-16(11-24)33-4-2)28-12-17(21(30)22(31)20(28)23(27)32)19(29)8-6-14-5-7-15(25)9-18(14)26/h5,7,9,12,16,31H,3-4,6,8,10-11,13H2,1-2H3. The lowest BCUT2D eigenvalue weighted by molar-refractivity contribution is -0.0842. The van der Waals surface area contributed by atoms with Crippen molar-refractivity contribution in [1.82, 2.24) is 9.47 Å². The molecule has 2 aromatic rings. The number of hydrogen-bond acceptors (Lipinski definition) is 5. The second-order valence-corrected chi connectivity index (χ2v) is 8.63. The number of carbonyl (C=O) groups is 2. The van der Waals surface area contributed by atoms with Gasteiger partial charge in [0.15, 0.2) is 17.2 Å². The van der Waals surface area contributed by atoms with E-state index in [9.17, 15) is 28.3 Å². The van der Waals surface area contributed by atoms with E-state index in [0.717, 1.165) is 12.1 Å². The maximum Gasteiger partial charge on any atom is 0.274 e. The molecule has 9 heteroatoms. The summed E-state index contributed by atoms with van der Waals surface area (Å²) < 4.78 is 34.3. The van der Waals surface area contributed by atoms with Gasteiger partial charge >= 0.3 is 0 Å². The molecule has 1 amide bonds. The predicted molar refractivity (Wildman–Crippen MR) is 116 cm³/mol. The van der Waals surface area contributed by atoms with Crippen LogP contribution in [-0.4, -0.2) is 52.1 Å². The molecule has 1 aliphatic heterocycles. The molecule has 1 aliphatic carbocycles. The van der Waals surface area contributed by atoms with Gasteiger partial charge in [-0.05, 0) is 44.7 Å². The first-order valence-corrected chi connectivity index (χ1v) is 11.1. The van der Waals surface area contributed by atoms with Gasteiger partial charge in [-0.15, -0.1) is 0 Å². The van der Waals surface area contributed by atoms with Crippen molar-refractivity contribution in [3.05, 3.63) is 63.1 Å². The Morgan fingerprint density at radius 3 is 2.61 bits per heavy atom. The van der Waals surface area contributed by atoms with E-state index in [-0.39, 0.29) is 35.8 Å². The number of likely N-dealkylation sites (N-methyl/N-ethyl adjacent to an activating group) is 1. The summed E-state index contributed by atoms with van der Waals surface area (Å²) >= 11 is 0. The minimum atomic E-state index is -0.923. The van der Waals surface area contributed by atoms with E-state index in [2.05, 4.69) is 0 Å². The highest BCUT2D eigenvalue weighted by Gasteiger charge is 2.52. The molecule has 1 spiro atoms. The first-order chi connectivity index (χ1) is 15.7. The van der Waals surface area contributed by atoms with Crippen LogP contribution in [0, 0.1) is 11.6 Å². The number of nitrogens with zero attached hydrogens (tertiary/aromatic N) is 2. The molecule has 0 saturated heterocycles. The number of benzene rings is 1. The normalized spacial score (nSPS) is 21.8. The number of amides is 1. The number of hydrogen-bond donors (Lipinski definition) is 1. The first kappa shape index (κ1) is 23.1. The fourth-order valence-electron chi connectivity index (χ4n) is 4.86. The van der Waals surface area contributed by atoms with E-state index >= 15 is 0 Å². The number of rotatable bonds is 7. The predicted octanol–water partition coefficient (Wildman–Crippen LogP) is 3.02. The van der Waals surface area contributed by atoms with Crippen molar-refractivity contribution in [2.24, 2.45) is 0 Å². The second-order valence-electron chi connectivity index (χ2n) is 8.63. The number of pyridine rings is 1. The monoisotopic (exact) mass is 460 g/mol. The van der Waals surface area contributed by atoms with E-state index in [1.54, 1.807) is 9.47 Å². The topological polar surface area (TPSA) is 88.8 Å². The zero-order chi connectivity index (χ0) is 23.9. The van der Waals surface area contributed by atoms with Gasteiger partial charge in [-0.3, -0.25) is 14.4 Å². The van der Waals surface area contributed by atoms with Crippen LogP contribution in [0.15, 0.2) is 29.2 Å². The molecule has 0 atom stereocenters. The summed E-state index contributed by atoms with van der Waals surface area (Å²) in [6.45, 7) is 5.06. The summed E-state index contributed by atoms with van der Waals surface area (Å²) in [4.78, 5) is 40.2. The molecule has 176 valence electrons. The maximum absolute atomic E-state index is 13.9.